The molecule has 1 rings (SSSR count). The van der Waals surface area contributed by atoms with Crippen molar-refractivity contribution in [3.8, 4) is 0 Å². The van der Waals surface area contributed by atoms with Crippen molar-refractivity contribution in [3.05, 3.63) is 47.2 Å². The van der Waals surface area contributed by atoms with Crippen molar-refractivity contribution in [3.63, 3.8) is 0 Å². The van der Waals surface area contributed by atoms with E-state index in [9.17, 15) is 0 Å². The van der Waals surface area contributed by atoms with Gasteiger partial charge in [-0.1, -0.05) is 122 Å². The van der Waals surface area contributed by atoms with Gasteiger partial charge in [0.2, 0.25) is 0 Å². The standard InChI is InChI=1S/C20H38NP.C12H22.Ti/c1-4-7-12-17-22(18-13-8-5-2,19-14-9-6-3)21-20-15-10-11-16-20;1-9(2)7-11(5)12(6)8-10(3)4;/h10-11,15H,4-9,12-14,16-19H2,1-3H3;7-10H,1-6H3;. The molecule has 0 bridgehead atoms. The number of allylic oxidation sites excluding steroid dienone is 7. The molecule has 1 aliphatic rings. The molecule has 202 valence electrons. The second kappa shape index (κ2) is 23.1. The van der Waals surface area contributed by atoms with E-state index in [0.29, 0.717) is 11.8 Å². The minimum atomic E-state index is -1.12. The molecular formula is C32H60NPTi. The van der Waals surface area contributed by atoms with Gasteiger partial charge in [0.15, 0.2) is 0 Å². The summed E-state index contributed by atoms with van der Waals surface area (Å²) >= 11 is 0. The Kier molecular flexibility index (Phi) is 24.4. The van der Waals surface area contributed by atoms with Crippen molar-refractivity contribution in [2.24, 2.45) is 16.6 Å². The SMILES string of the molecule is CC(=CC(C)C)C(C)=CC(C)C.CCCCCP(CCCCC)(CCCCC)=NC1=CC=CC1.[Ti]. The summed E-state index contributed by atoms with van der Waals surface area (Å²) in [6, 6.07) is 0. The minimum absolute atomic E-state index is 0. The van der Waals surface area contributed by atoms with E-state index in [2.05, 4.69) is 92.7 Å². The summed E-state index contributed by atoms with van der Waals surface area (Å²) in [7, 11) is -1.12. The molecule has 0 saturated heterocycles. The number of nitrogens with zero attached hydrogens (tertiary/aromatic N) is 1. The number of unbranched alkanes of at least 4 members (excludes halogenated alkanes) is 6. The van der Waals surface area contributed by atoms with Gasteiger partial charge in [-0.2, -0.15) is 0 Å². The average Bonchev–Trinajstić information content (AvgIpc) is 3.26. The van der Waals surface area contributed by atoms with E-state index in [0.717, 1.165) is 6.42 Å². The largest absolute Gasteiger partial charge is 0.272 e. The number of hydrogen-bond donors (Lipinski definition) is 0. The van der Waals surface area contributed by atoms with Crippen molar-refractivity contribution in [1.82, 2.24) is 0 Å². The maximum atomic E-state index is 5.43. The Hall–Kier alpha value is -0.0957. The Balaban J connectivity index is 0. The smallest absolute Gasteiger partial charge is 0.0425 e. The van der Waals surface area contributed by atoms with Crippen LogP contribution in [0.4, 0.5) is 0 Å². The fourth-order valence-corrected chi connectivity index (χ4v) is 8.60. The molecule has 0 aromatic carbocycles. The molecular weight excluding hydrogens is 477 g/mol. The first-order valence-corrected chi connectivity index (χ1v) is 16.8. The topological polar surface area (TPSA) is 12.4 Å². The minimum Gasteiger partial charge on any atom is -0.272 e. The summed E-state index contributed by atoms with van der Waals surface area (Å²) in [4.78, 5) is 0. The Morgan fingerprint density at radius 3 is 1.46 bits per heavy atom. The average molecular weight is 538 g/mol. The van der Waals surface area contributed by atoms with Crippen molar-refractivity contribution in [2.45, 2.75) is 127 Å². The molecule has 35 heavy (non-hydrogen) atoms. The van der Waals surface area contributed by atoms with Crippen LogP contribution in [0.25, 0.3) is 0 Å². The fourth-order valence-electron chi connectivity index (χ4n) is 4.50. The van der Waals surface area contributed by atoms with E-state index in [1.54, 1.807) is 0 Å². The summed E-state index contributed by atoms with van der Waals surface area (Å²) in [5.41, 5.74) is 4.20. The second-order valence-electron chi connectivity index (χ2n) is 11.0. The van der Waals surface area contributed by atoms with Crippen LogP contribution in [0.1, 0.15) is 127 Å². The molecule has 0 saturated carbocycles. The molecule has 0 aliphatic heterocycles. The molecule has 0 N–H and O–H groups in total. The molecule has 1 aliphatic carbocycles. The van der Waals surface area contributed by atoms with E-state index >= 15 is 0 Å². The first kappa shape index (κ1) is 37.1. The van der Waals surface area contributed by atoms with Gasteiger partial charge in [-0.25, -0.2) is 0 Å². The summed E-state index contributed by atoms with van der Waals surface area (Å²) in [6.07, 6.45) is 29.0. The van der Waals surface area contributed by atoms with Crippen molar-refractivity contribution in [2.75, 3.05) is 18.5 Å². The predicted octanol–water partition coefficient (Wildman–Crippen LogP) is 11.8. The summed E-state index contributed by atoms with van der Waals surface area (Å²) in [6.45, 7) is 20.2. The Bertz CT molecular complexity index is 639. The second-order valence-corrected chi connectivity index (χ2v) is 14.7. The van der Waals surface area contributed by atoms with Crippen LogP contribution in [-0.2, 0) is 21.7 Å². The van der Waals surface area contributed by atoms with Crippen molar-refractivity contribution in [1.29, 1.82) is 0 Å². The zero-order valence-corrected chi connectivity index (χ0v) is 27.6. The zero-order chi connectivity index (χ0) is 25.8. The molecule has 0 fully saturated rings. The third kappa shape index (κ3) is 19.7. The van der Waals surface area contributed by atoms with Gasteiger partial charge in [0, 0.05) is 33.8 Å². The third-order valence-electron chi connectivity index (χ3n) is 6.41. The van der Waals surface area contributed by atoms with Crippen LogP contribution in [-0.4, -0.2) is 18.5 Å². The number of hydrogen-bond acceptors (Lipinski definition) is 1. The molecule has 0 unspecified atom stereocenters. The quantitative estimate of drug-likeness (QED) is 0.0803. The molecule has 0 atom stereocenters. The van der Waals surface area contributed by atoms with E-state index < -0.39 is 7.05 Å². The van der Waals surface area contributed by atoms with Crippen LogP contribution in [0.5, 0.6) is 0 Å². The maximum Gasteiger partial charge on any atom is 0.0425 e. The number of rotatable bonds is 16. The molecule has 0 heterocycles. The van der Waals surface area contributed by atoms with E-state index in [1.807, 2.05) is 0 Å². The summed E-state index contributed by atoms with van der Waals surface area (Å²) in [5, 5.41) is 0. The first-order valence-electron chi connectivity index (χ1n) is 14.5. The van der Waals surface area contributed by atoms with Crippen molar-refractivity contribution < 1.29 is 21.7 Å². The molecule has 0 amide bonds. The van der Waals surface area contributed by atoms with Crippen LogP contribution < -0.4 is 0 Å². The van der Waals surface area contributed by atoms with Gasteiger partial charge < -0.3 is 0 Å². The van der Waals surface area contributed by atoms with Gasteiger partial charge in [0.1, 0.15) is 0 Å². The molecule has 0 spiro atoms. The van der Waals surface area contributed by atoms with Gasteiger partial charge >= 0.3 is 0 Å². The predicted molar refractivity (Wildman–Crippen MR) is 162 cm³/mol. The van der Waals surface area contributed by atoms with Gasteiger partial charge in [-0.3, -0.25) is 4.74 Å². The Morgan fingerprint density at radius 1 is 0.771 bits per heavy atom. The summed E-state index contributed by atoms with van der Waals surface area (Å²) in [5.74, 6) is 1.31. The van der Waals surface area contributed by atoms with Gasteiger partial charge in [0.05, 0.1) is 0 Å². The van der Waals surface area contributed by atoms with E-state index in [1.165, 1.54) is 93.1 Å². The first-order chi connectivity index (χ1) is 16.2. The van der Waals surface area contributed by atoms with Gasteiger partial charge in [0.25, 0.3) is 0 Å². The van der Waals surface area contributed by atoms with E-state index in [-0.39, 0.29) is 21.7 Å². The zero-order valence-electron chi connectivity index (χ0n) is 25.1. The molecule has 0 radical (unpaired) electrons. The molecule has 0 aromatic rings. The van der Waals surface area contributed by atoms with Gasteiger partial charge in [-0.05, 0) is 76.6 Å². The fraction of sp³-hybridized carbons (Fsp3) is 0.750. The van der Waals surface area contributed by atoms with Crippen molar-refractivity contribution >= 4 is 7.05 Å². The van der Waals surface area contributed by atoms with Crippen LogP contribution in [0.2, 0.25) is 0 Å². The molecule has 1 nitrogen and oxygen atoms in total. The van der Waals surface area contributed by atoms with Crippen LogP contribution in [0.3, 0.4) is 0 Å². The Labute approximate surface area is 236 Å². The third-order valence-corrected chi connectivity index (χ3v) is 10.5. The van der Waals surface area contributed by atoms with Crippen LogP contribution in [0, 0.1) is 11.8 Å². The monoisotopic (exact) mass is 537 g/mol. The van der Waals surface area contributed by atoms with Crippen LogP contribution in [0.15, 0.2) is 52.0 Å². The Morgan fingerprint density at radius 2 is 1.17 bits per heavy atom. The van der Waals surface area contributed by atoms with E-state index in [4.69, 9.17) is 4.74 Å². The van der Waals surface area contributed by atoms with Crippen LogP contribution >= 0.6 is 7.05 Å². The molecule has 0 aromatic heterocycles. The maximum absolute atomic E-state index is 5.43. The molecule has 3 heteroatoms. The summed E-state index contributed by atoms with van der Waals surface area (Å²) < 4.78 is 5.43. The van der Waals surface area contributed by atoms with Gasteiger partial charge in [-0.15, -0.1) is 0 Å². The normalized spacial score (nSPS) is 14.1.